The molecule has 0 saturated carbocycles. The summed E-state index contributed by atoms with van der Waals surface area (Å²) in [4.78, 5) is 13.6. The number of nitrogens with one attached hydrogen (secondary N) is 1. The lowest BCUT2D eigenvalue weighted by Gasteiger charge is -2.17. The molecular formula is C25H33NO4. The molecule has 1 aromatic heterocycles. The van der Waals surface area contributed by atoms with Crippen LogP contribution in [0.25, 0.3) is 21.8 Å². The Morgan fingerprint density at radius 2 is 1.83 bits per heavy atom. The number of unbranched alkanes of at least 4 members (excludes halogenated alkanes) is 2. The van der Waals surface area contributed by atoms with E-state index in [1.165, 1.54) is 11.8 Å². The van der Waals surface area contributed by atoms with Gasteiger partial charge in [0.2, 0.25) is 0 Å². The van der Waals surface area contributed by atoms with Gasteiger partial charge in [0, 0.05) is 22.7 Å². The quantitative estimate of drug-likeness (QED) is 0.343. The third-order valence-corrected chi connectivity index (χ3v) is 5.14. The predicted octanol–water partition coefficient (Wildman–Crippen LogP) is 6.17. The Bertz CT molecular complexity index is 966. The SMILES string of the molecule is CC(C)(C)CCCCCC(=O)O.c1ccc2c(c1)[nH]c1cccc(OCC3CO3)c12. The number of epoxide rings is 1. The van der Waals surface area contributed by atoms with Crippen molar-refractivity contribution in [2.45, 2.75) is 59.0 Å². The Labute approximate surface area is 178 Å². The first kappa shape index (κ1) is 22.2. The van der Waals surface area contributed by atoms with E-state index < -0.39 is 5.97 Å². The summed E-state index contributed by atoms with van der Waals surface area (Å²) < 4.78 is 11.0. The largest absolute Gasteiger partial charge is 0.490 e. The highest BCUT2D eigenvalue weighted by Crippen LogP contribution is 2.33. The number of hydrogen-bond acceptors (Lipinski definition) is 3. The monoisotopic (exact) mass is 411 g/mol. The van der Waals surface area contributed by atoms with Crippen LogP contribution >= 0.6 is 0 Å². The number of carboxylic acids is 1. The van der Waals surface area contributed by atoms with E-state index >= 15 is 0 Å². The summed E-state index contributed by atoms with van der Waals surface area (Å²) in [5.41, 5.74) is 2.65. The summed E-state index contributed by atoms with van der Waals surface area (Å²) >= 11 is 0. The molecular weight excluding hydrogens is 378 g/mol. The molecule has 1 aliphatic rings. The average molecular weight is 412 g/mol. The fraction of sp³-hybridized carbons (Fsp3) is 0.480. The minimum absolute atomic E-state index is 0.283. The molecule has 0 spiro atoms. The normalized spacial score (nSPS) is 15.6. The number of aliphatic carboxylic acids is 1. The number of H-pyrrole nitrogens is 1. The molecule has 30 heavy (non-hydrogen) atoms. The third-order valence-electron chi connectivity index (χ3n) is 5.14. The van der Waals surface area contributed by atoms with Crippen molar-refractivity contribution in [3.05, 3.63) is 42.5 Å². The molecule has 1 unspecified atom stereocenters. The van der Waals surface area contributed by atoms with Crippen LogP contribution in [0.3, 0.4) is 0 Å². The van der Waals surface area contributed by atoms with Crippen molar-refractivity contribution in [1.29, 1.82) is 0 Å². The molecule has 2 heterocycles. The maximum Gasteiger partial charge on any atom is 0.303 e. The number of benzene rings is 2. The zero-order chi connectivity index (χ0) is 21.6. The molecule has 162 valence electrons. The van der Waals surface area contributed by atoms with Gasteiger partial charge in [-0.05, 0) is 36.5 Å². The number of aromatic amines is 1. The van der Waals surface area contributed by atoms with Crippen LogP contribution in [0.5, 0.6) is 5.75 Å². The lowest BCUT2D eigenvalue weighted by Crippen LogP contribution is -2.04. The maximum absolute atomic E-state index is 10.2. The summed E-state index contributed by atoms with van der Waals surface area (Å²) in [6.07, 6.45) is 4.81. The van der Waals surface area contributed by atoms with Crippen molar-refractivity contribution in [3.63, 3.8) is 0 Å². The molecule has 0 bridgehead atoms. The highest BCUT2D eigenvalue weighted by Gasteiger charge is 2.23. The smallest absolute Gasteiger partial charge is 0.303 e. The molecule has 0 aliphatic carbocycles. The summed E-state index contributed by atoms with van der Waals surface area (Å²) in [5, 5.41) is 10.7. The fourth-order valence-corrected chi connectivity index (χ4v) is 3.44. The van der Waals surface area contributed by atoms with Crippen LogP contribution in [0.1, 0.15) is 52.9 Å². The van der Waals surface area contributed by atoms with Crippen molar-refractivity contribution >= 4 is 27.8 Å². The van der Waals surface area contributed by atoms with Crippen molar-refractivity contribution < 1.29 is 19.4 Å². The number of rotatable bonds is 8. The van der Waals surface area contributed by atoms with Gasteiger partial charge in [0.25, 0.3) is 0 Å². The number of para-hydroxylation sites is 1. The van der Waals surface area contributed by atoms with Crippen LogP contribution in [0.2, 0.25) is 0 Å². The molecule has 1 aliphatic heterocycles. The third kappa shape index (κ3) is 6.77. The predicted molar refractivity (Wildman–Crippen MR) is 121 cm³/mol. The Kier molecular flexibility index (Phi) is 7.38. The van der Waals surface area contributed by atoms with Crippen LogP contribution in [0, 0.1) is 5.41 Å². The van der Waals surface area contributed by atoms with Gasteiger partial charge in [-0.1, -0.05) is 57.9 Å². The second-order valence-corrected chi connectivity index (χ2v) is 9.13. The van der Waals surface area contributed by atoms with E-state index in [9.17, 15) is 4.79 Å². The summed E-state index contributed by atoms with van der Waals surface area (Å²) in [7, 11) is 0. The van der Waals surface area contributed by atoms with Crippen LogP contribution < -0.4 is 4.74 Å². The second kappa shape index (κ2) is 9.98. The first-order chi connectivity index (χ1) is 14.3. The van der Waals surface area contributed by atoms with E-state index in [1.54, 1.807) is 0 Å². The molecule has 1 fully saturated rings. The zero-order valence-corrected chi connectivity index (χ0v) is 18.2. The van der Waals surface area contributed by atoms with Gasteiger partial charge in [0.15, 0.2) is 0 Å². The molecule has 5 nitrogen and oxygen atoms in total. The molecule has 1 atom stereocenters. The van der Waals surface area contributed by atoms with E-state index in [0.717, 1.165) is 48.0 Å². The Hall–Kier alpha value is -2.53. The molecule has 2 aromatic carbocycles. The Morgan fingerprint density at radius 3 is 2.53 bits per heavy atom. The van der Waals surface area contributed by atoms with Gasteiger partial charge in [-0.2, -0.15) is 0 Å². The van der Waals surface area contributed by atoms with Crippen LogP contribution in [-0.4, -0.2) is 35.4 Å². The van der Waals surface area contributed by atoms with Gasteiger partial charge >= 0.3 is 5.97 Å². The molecule has 4 rings (SSSR count). The molecule has 1 saturated heterocycles. The zero-order valence-electron chi connectivity index (χ0n) is 18.2. The van der Waals surface area contributed by atoms with Crippen molar-refractivity contribution in [2.24, 2.45) is 5.41 Å². The van der Waals surface area contributed by atoms with Crippen molar-refractivity contribution in [2.75, 3.05) is 13.2 Å². The number of aromatic nitrogens is 1. The first-order valence-electron chi connectivity index (χ1n) is 10.8. The number of fused-ring (bicyclic) bond motifs is 3. The number of hydrogen-bond donors (Lipinski definition) is 2. The topological polar surface area (TPSA) is 74.8 Å². The molecule has 5 heteroatoms. The van der Waals surface area contributed by atoms with Gasteiger partial charge in [-0.25, -0.2) is 0 Å². The molecule has 0 radical (unpaired) electrons. The Balaban J connectivity index is 0.000000189. The minimum Gasteiger partial charge on any atom is -0.490 e. The lowest BCUT2D eigenvalue weighted by atomic mass is 9.89. The summed E-state index contributed by atoms with van der Waals surface area (Å²) in [6, 6.07) is 14.4. The summed E-state index contributed by atoms with van der Waals surface area (Å²) in [6.45, 7) is 8.10. The number of ether oxygens (including phenoxy) is 2. The first-order valence-corrected chi connectivity index (χ1v) is 10.8. The second-order valence-electron chi connectivity index (χ2n) is 9.13. The van der Waals surface area contributed by atoms with E-state index in [1.807, 2.05) is 18.2 Å². The van der Waals surface area contributed by atoms with Crippen molar-refractivity contribution in [3.8, 4) is 5.75 Å². The van der Waals surface area contributed by atoms with Gasteiger partial charge in [0.1, 0.15) is 18.5 Å². The Morgan fingerprint density at radius 1 is 1.10 bits per heavy atom. The van der Waals surface area contributed by atoms with Crippen LogP contribution in [0.15, 0.2) is 42.5 Å². The van der Waals surface area contributed by atoms with E-state index in [2.05, 4.69) is 50.0 Å². The lowest BCUT2D eigenvalue weighted by molar-refractivity contribution is -0.137. The summed E-state index contributed by atoms with van der Waals surface area (Å²) in [5.74, 6) is 0.256. The molecule has 0 amide bonds. The standard InChI is InChI=1S/C15H13NO2.C10H20O2/c1-2-5-12-11(4-1)15-13(16-12)6-3-7-14(15)18-9-10-8-17-10;1-10(2,3)8-6-4-5-7-9(11)12/h1-7,10,16H,8-9H2;4-8H2,1-3H3,(H,11,12). The van der Waals surface area contributed by atoms with Crippen LogP contribution in [0.4, 0.5) is 0 Å². The van der Waals surface area contributed by atoms with Gasteiger partial charge in [-0.3, -0.25) is 4.79 Å². The molecule has 2 N–H and O–H groups in total. The maximum atomic E-state index is 10.2. The number of carbonyl (C=O) groups is 1. The fourth-order valence-electron chi connectivity index (χ4n) is 3.44. The number of carboxylic acid groups (broad SMARTS) is 1. The average Bonchev–Trinajstić information content (AvgIpc) is 3.43. The van der Waals surface area contributed by atoms with E-state index in [0.29, 0.717) is 18.4 Å². The van der Waals surface area contributed by atoms with Gasteiger partial charge in [-0.15, -0.1) is 0 Å². The molecule has 3 aromatic rings. The van der Waals surface area contributed by atoms with Crippen molar-refractivity contribution in [1.82, 2.24) is 4.98 Å². The van der Waals surface area contributed by atoms with Gasteiger partial charge < -0.3 is 19.6 Å². The highest BCUT2D eigenvalue weighted by atomic mass is 16.6. The van der Waals surface area contributed by atoms with E-state index in [-0.39, 0.29) is 6.10 Å². The van der Waals surface area contributed by atoms with E-state index in [4.69, 9.17) is 14.6 Å². The minimum atomic E-state index is -0.675. The van der Waals surface area contributed by atoms with Gasteiger partial charge in [0.05, 0.1) is 12.1 Å². The highest BCUT2D eigenvalue weighted by molar-refractivity contribution is 6.10. The van der Waals surface area contributed by atoms with Crippen LogP contribution in [-0.2, 0) is 9.53 Å².